The van der Waals surface area contributed by atoms with Crippen LogP contribution in [0.2, 0.25) is 0 Å². The van der Waals surface area contributed by atoms with Crippen molar-refractivity contribution in [2.75, 3.05) is 31.6 Å². The predicted molar refractivity (Wildman–Crippen MR) is 88.0 cm³/mol. The summed E-state index contributed by atoms with van der Waals surface area (Å²) in [4.78, 5) is 19.2. The maximum Gasteiger partial charge on any atom is 0.229 e. The van der Waals surface area contributed by atoms with E-state index in [0.717, 1.165) is 49.2 Å². The molecule has 1 aromatic rings. The van der Waals surface area contributed by atoms with E-state index < -0.39 is 0 Å². The summed E-state index contributed by atoms with van der Waals surface area (Å²) in [6, 6.07) is 0. The average molecular weight is 323 g/mol. The number of likely N-dealkylation sites (tertiary alicyclic amines) is 1. The lowest BCUT2D eigenvalue weighted by Gasteiger charge is -2.30. The highest BCUT2D eigenvalue weighted by molar-refractivity contribution is 7.13. The normalized spacial score (nSPS) is 24.3. The van der Waals surface area contributed by atoms with Gasteiger partial charge in [-0.3, -0.25) is 9.69 Å². The van der Waals surface area contributed by atoms with Crippen molar-refractivity contribution in [2.24, 2.45) is 11.8 Å². The second-order valence-electron chi connectivity index (χ2n) is 6.50. The molecule has 6 heteroatoms. The highest BCUT2D eigenvalue weighted by Gasteiger charge is 2.22. The van der Waals surface area contributed by atoms with Gasteiger partial charge in [0.2, 0.25) is 5.91 Å². The quantitative estimate of drug-likeness (QED) is 0.926. The van der Waals surface area contributed by atoms with Gasteiger partial charge >= 0.3 is 0 Å². The summed E-state index contributed by atoms with van der Waals surface area (Å²) < 4.78 is 5.30. The van der Waals surface area contributed by atoms with Crippen molar-refractivity contribution in [3.8, 4) is 0 Å². The van der Waals surface area contributed by atoms with Crippen molar-refractivity contribution in [1.82, 2.24) is 9.88 Å². The Hall–Kier alpha value is -0.980. The number of nitrogens with zero attached hydrogens (tertiary/aromatic N) is 2. The number of rotatable bonds is 4. The molecule has 1 unspecified atom stereocenters. The van der Waals surface area contributed by atoms with Crippen LogP contribution in [-0.2, 0) is 16.1 Å². The summed E-state index contributed by atoms with van der Waals surface area (Å²) in [5.41, 5.74) is 1.07. The van der Waals surface area contributed by atoms with Gasteiger partial charge in [0.15, 0.2) is 5.13 Å². The van der Waals surface area contributed by atoms with E-state index in [9.17, 15) is 4.79 Å². The summed E-state index contributed by atoms with van der Waals surface area (Å²) in [5, 5.41) is 5.77. The van der Waals surface area contributed by atoms with Crippen LogP contribution in [0, 0.1) is 11.8 Å². The van der Waals surface area contributed by atoms with Gasteiger partial charge in [-0.05, 0) is 38.1 Å². The van der Waals surface area contributed by atoms with Crippen LogP contribution in [-0.4, -0.2) is 42.1 Å². The highest BCUT2D eigenvalue weighted by atomic mass is 32.1. The number of hydrogen-bond donors (Lipinski definition) is 1. The fourth-order valence-corrected chi connectivity index (χ4v) is 3.97. The third kappa shape index (κ3) is 4.27. The molecule has 5 nitrogen and oxygen atoms in total. The van der Waals surface area contributed by atoms with Crippen molar-refractivity contribution in [3.05, 3.63) is 11.1 Å². The summed E-state index contributed by atoms with van der Waals surface area (Å²) in [6.45, 7) is 6.90. The number of piperidine rings is 1. The number of carbonyl (C=O) groups is 1. The third-order valence-corrected chi connectivity index (χ3v) is 5.31. The minimum atomic E-state index is 0.0732. The minimum absolute atomic E-state index is 0.0732. The molecule has 0 spiro atoms. The maximum atomic E-state index is 12.2. The summed E-state index contributed by atoms with van der Waals surface area (Å²) in [6.07, 6.45) is 4.24. The van der Waals surface area contributed by atoms with Gasteiger partial charge in [0, 0.05) is 37.6 Å². The maximum absolute atomic E-state index is 12.2. The van der Waals surface area contributed by atoms with Gasteiger partial charge in [0.1, 0.15) is 0 Å². The van der Waals surface area contributed by atoms with Gasteiger partial charge in [-0.15, -0.1) is 11.3 Å². The van der Waals surface area contributed by atoms with Gasteiger partial charge in [-0.25, -0.2) is 4.98 Å². The standard InChI is InChI=1S/C16H25N3O2S/c1-12-3-2-6-19(9-12)10-14-11-22-16(17-14)18-15(20)13-4-7-21-8-5-13/h11-13H,2-10H2,1H3,(H,17,18,20). The zero-order valence-corrected chi connectivity index (χ0v) is 14.0. The van der Waals surface area contributed by atoms with Crippen molar-refractivity contribution in [1.29, 1.82) is 0 Å². The fourth-order valence-electron chi connectivity index (χ4n) is 3.26. The third-order valence-electron chi connectivity index (χ3n) is 4.50. The van der Waals surface area contributed by atoms with Crippen molar-refractivity contribution >= 4 is 22.4 Å². The summed E-state index contributed by atoms with van der Waals surface area (Å²) >= 11 is 1.53. The molecule has 0 radical (unpaired) electrons. The number of anilines is 1. The SMILES string of the molecule is CC1CCCN(Cc2csc(NC(=O)C3CCOCC3)n2)C1. The molecule has 1 atom stereocenters. The number of nitrogens with one attached hydrogen (secondary N) is 1. The summed E-state index contributed by atoms with van der Waals surface area (Å²) in [5.74, 6) is 0.944. The predicted octanol–water partition coefficient (Wildman–Crippen LogP) is 2.74. The Kier molecular flexibility index (Phi) is 5.44. The van der Waals surface area contributed by atoms with Gasteiger partial charge < -0.3 is 10.1 Å². The molecule has 0 bridgehead atoms. The molecule has 1 aromatic heterocycles. The Morgan fingerprint density at radius 3 is 3.05 bits per heavy atom. The lowest BCUT2D eigenvalue weighted by Crippen LogP contribution is -2.33. The van der Waals surface area contributed by atoms with Crippen molar-refractivity contribution < 1.29 is 9.53 Å². The Bertz CT molecular complexity index is 499. The van der Waals surface area contributed by atoms with Gasteiger partial charge in [-0.1, -0.05) is 6.92 Å². The van der Waals surface area contributed by atoms with Crippen LogP contribution in [0.5, 0.6) is 0 Å². The van der Waals surface area contributed by atoms with Crippen molar-refractivity contribution in [3.63, 3.8) is 0 Å². The average Bonchev–Trinajstić information content (AvgIpc) is 2.95. The van der Waals surface area contributed by atoms with E-state index in [-0.39, 0.29) is 11.8 Å². The molecular weight excluding hydrogens is 298 g/mol. The molecule has 0 aliphatic carbocycles. The summed E-state index contributed by atoms with van der Waals surface area (Å²) in [7, 11) is 0. The van der Waals surface area contributed by atoms with E-state index in [1.165, 1.54) is 24.2 Å². The van der Waals surface area contributed by atoms with E-state index in [4.69, 9.17) is 4.74 Å². The zero-order chi connectivity index (χ0) is 15.4. The van der Waals surface area contributed by atoms with E-state index in [2.05, 4.69) is 27.5 Å². The van der Waals surface area contributed by atoms with Crippen LogP contribution >= 0.6 is 11.3 Å². The van der Waals surface area contributed by atoms with Crippen LogP contribution in [0.3, 0.4) is 0 Å². The van der Waals surface area contributed by atoms with Gasteiger partial charge in [-0.2, -0.15) is 0 Å². The topological polar surface area (TPSA) is 54.5 Å². The van der Waals surface area contributed by atoms with E-state index in [0.29, 0.717) is 13.2 Å². The van der Waals surface area contributed by atoms with Crippen LogP contribution < -0.4 is 5.32 Å². The Balaban J connectivity index is 1.51. The van der Waals surface area contributed by atoms with E-state index >= 15 is 0 Å². The first-order chi connectivity index (χ1) is 10.7. The van der Waals surface area contributed by atoms with E-state index in [1.807, 2.05) is 0 Å². The Labute approximate surface area is 136 Å². The van der Waals surface area contributed by atoms with E-state index in [1.54, 1.807) is 0 Å². The molecule has 2 aliphatic rings. The first kappa shape index (κ1) is 15.9. The highest BCUT2D eigenvalue weighted by Crippen LogP contribution is 2.22. The number of thiazole rings is 1. The molecule has 3 rings (SSSR count). The second kappa shape index (κ2) is 7.53. The first-order valence-electron chi connectivity index (χ1n) is 8.26. The Morgan fingerprint density at radius 1 is 1.45 bits per heavy atom. The van der Waals surface area contributed by atoms with Crippen LogP contribution in [0.4, 0.5) is 5.13 Å². The zero-order valence-electron chi connectivity index (χ0n) is 13.2. The monoisotopic (exact) mass is 323 g/mol. The molecule has 0 saturated carbocycles. The lowest BCUT2D eigenvalue weighted by molar-refractivity contribution is -0.122. The molecule has 0 aromatic carbocycles. The van der Waals surface area contributed by atoms with Crippen LogP contribution in [0.15, 0.2) is 5.38 Å². The molecule has 22 heavy (non-hydrogen) atoms. The van der Waals surface area contributed by atoms with Crippen LogP contribution in [0.25, 0.3) is 0 Å². The molecule has 2 aliphatic heterocycles. The van der Waals surface area contributed by atoms with Crippen LogP contribution in [0.1, 0.15) is 38.3 Å². The number of aromatic nitrogens is 1. The number of amides is 1. The molecule has 122 valence electrons. The molecule has 2 fully saturated rings. The largest absolute Gasteiger partial charge is 0.381 e. The second-order valence-corrected chi connectivity index (χ2v) is 7.36. The lowest BCUT2D eigenvalue weighted by atomic mass is 10.00. The first-order valence-corrected chi connectivity index (χ1v) is 9.14. The number of carbonyl (C=O) groups excluding carboxylic acids is 1. The molecular formula is C16H25N3O2S. The molecule has 2 saturated heterocycles. The molecule has 1 N–H and O–H groups in total. The minimum Gasteiger partial charge on any atom is -0.381 e. The van der Waals surface area contributed by atoms with Gasteiger partial charge in [0.05, 0.1) is 5.69 Å². The molecule has 1 amide bonds. The van der Waals surface area contributed by atoms with Gasteiger partial charge in [0.25, 0.3) is 0 Å². The fraction of sp³-hybridized carbons (Fsp3) is 0.750. The number of hydrogen-bond acceptors (Lipinski definition) is 5. The number of ether oxygens (including phenoxy) is 1. The smallest absolute Gasteiger partial charge is 0.229 e. The molecule has 3 heterocycles. The Morgan fingerprint density at radius 2 is 2.27 bits per heavy atom. The van der Waals surface area contributed by atoms with Crippen molar-refractivity contribution in [2.45, 2.75) is 39.2 Å².